The number of primary amides is 1. The smallest absolute Gasteiger partial charge is 0.285 e. The molecule has 0 saturated heterocycles. The summed E-state index contributed by atoms with van der Waals surface area (Å²) >= 11 is 0. The Balaban J connectivity index is 2.54. The fraction of sp³-hybridized carbons (Fsp3) is 0.100. The molecule has 2 aromatic heterocycles. The molecule has 5 nitrogen and oxygen atoms in total. The molecule has 2 aromatic rings. The molecule has 0 fully saturated rings. The van der Waals surface area contributed by atoms with Gasteiger partial charge in [-0.1, -0.05) is 0 Å². The predicted octanol–water partition coefficient (Wildman–Crippen LogP) is 0.675. The highest BCUT2D eigenvalue weighted by Crippen LogP contribution is 2.10. The first-order valence-corrected chi connectivity index (χ1v) is 4.44. The van der Waals surface area contributed by atoms with Crippen LogP contribution in [0.3, 0.4) is 0 Å². The monoisotopic (exact) mass is 202 g/mol. The van der Waals surface area contributed by atoms with Crippen molar-refractivity contribution in [3.8, 4) is 5.69 Å². The van der Waals surface area contributed by atoms with Crippen molar-refractivity contribution < 1.29 is 4.79 Å². The Labute approximate surface area is 86.6 Å². The zero-order valence-corrected chi connectivity index (χ0v) is 8.21. The summed E-state index contributed by atoms with van der Waals surface area (Å²) < 4.78 is 1.64. The number of hydrogen-bond acceptors (Lipinski definition) is 3. The summed E-state index contributed by atoms with van der Waals surface area (Å²) in [6, 6.07) is 3.65. The van der Waals surface area contributed by atoms with Gasteiger partial charge in [-0.2, -0.15) is 0 Å². The zero-order chi connectivity index (χ0) is 10.8. The number of aromatic nitrogens is 3. The Morgan fingerprint density at radius 2 is 2.20 bits per heavy atom. The van der Waals surface area contributed by atoms with Gasteiger partial charge in [-0.05, 0) is 19.1 Å². The van der Waals surface area contributed by atoms with Crippen molar-refractivity contribution in [3.63, 3.8) is 0 Å². The Morgan fingerprint density at radius 1 is 1.40 bits per heavy atom. The Kier molecular flexibility index (Phi) is 2.21. The van der Waals surface area contributed by atoms with E-state index in [4.69, 9.17) is 5.73 Å². The maximum Gasteiger partial charge on any atom is 0.285 e. The summed E-state index contributed by atoms with van der Waals surface area (Å²) in [5.41, 5.74) is 6.90. The SMILES string of the molecule is Cc1cc(-n2ccnc2C(N)=O)ccn1. The summed E-state index contributed by atoms with van der Waals surface area (Å²) in [5.74, 6) is -0.324. The van der Waals surface area contributed by atoms with Crippen LogP contribution in [0.5, 0.6) is 0 Å². The molecule has 0 spiro atoms. The van der Waals surface area contributed by atoms with Crippen LogP contribution >= 0.6 is 0 Å². The van der Waals surface area contributed by atoms with E-state index >= 15 is 0 Å². The quantitative estimate of drug-likeness (QED) is 0.778. The van der Waals surface area contributed by atoms with Crippen LogP contribution in [-0.4, -0.2) is 20.4 Å². The molecule has 2 N–H and O–H groups in total. The molecule has 5 heteroatoms. The summed E-state index contributed by atoms with van der Waals surface area (Å²) in [7, 11) is 0. The fourth-order valence-corrected chi connectivity index (χ4v) is 1.37. The van der Waals surface area contributed by atoms with Crippen LogP contribution in [0.25, 0.3) is 5.69 Å². The molecule has 0 radical (unpaired) electrons. The molecule has 0 atom stereocenters. The molecular weight excluding hydrogens is 192 g/mol. The lowest BCUT2D eigenvalue weighted by Crippen LogP contribution is -2.17. The van der Waals surface area contributed by atoms with E-state index in [2.05, 4.69) is 9.97 Å². The van der Waals surface area contributed by atoms with E-state index in [9.17, 15) is 4.79 Å². The first-order valence-electron chi connectivity index (χ1n) is 4.44. The normalized spacial score (nSPS) is 10.2. The summed E-state index contributed by atoms with van der Waals surface area (Å²) in [4.78, 5) is 19.0. The fourth-order valence-electron chi connectivity index (χ4n) is 1.37. The lowest BCUT2D eigenvalue weighted by molar-refractivity contribution is 0.0989. The molecule has 0 aliphatic rings. The first kappa shape index (κ1) is 9.39. The first-order chi connectivity index (χ1) is 7.18. The number of nitrogens with zero attached hydrogens (tertiary/aromatic N) is 3. The molecule has 1 amide bonds. The van der Waals surface area contributed by atoms with Crippen LogP contribution in [0.1, 0.15) is 16.3 Å². The molecule has 0 unspecified atom stereocenters. The predicted molar refractivity (Wildman–Crippen MR) is 54.6 cm³/mol. The van der Waals surface area contributed by atoms with Crippen molar-refractivity contribution in [3.05, 3.63) is 42.2 Å². The topological polar surface area (TPSA) is 73.8 Å². The largest absolute Gasteiger partial charge is 0.363 e. The maximum absolute atomic E-state index is 11.1. The molecule has 76 valence electrons. The van der Waals surface area contributed by atoms with Crippen molar-refractivity contribution in [2.75, 3.05) is 0 Å². The molecule has 0 bridgehead atoms. The number of rotatable bonds is 2. The minimum atomic E-state index is -0.547. The third-order valence-electron chi connectivity index (χ3n) is 2.02. The van der Waals surface area contributed by atoms with Gasteiger partial charge in [0.1, 0.15) is 0 Å². The highest BCUT2D eigenvalue weighted by molar-refractivity contribution is 5.89. The molecule has 0 saturated carbocycles. The van der Waals surface area contributed by atoms with Crippen molar-refractivity contribution in [2.24, 2.45) is 5.73 Å². The lowest BCUT2D eigenvalue weighted by atomic mass is 10.3. The van der Waals surface area contributed by atoms with Crippen molar-refractivity contribution >= 4 is 5.91 Å². The second-order valence-corrected chi connectivity index (χ2v) is 3.14. The summed E-state index contributed by atoms with van der Waals surface area (Å²) in [5, 5.41) is 0. The molecule has 2 heterocycles. The van der Waals surface area contributed by atoms with Crippen LogP contribution in [-0.2, 0) is 0 Å². The highest BCUT2D eigenvalue weighted by atomic mass is 16.1. The van der Waals surface area contributed by atoms with Gasteiger partial charge in [0.25, 0.3) is 5.91 Å². The number of carbonyl (C=O) groups is 1. The molecule has 0 aromatic carbocycles. The average Bonchev–Trinajstić information content (AvgIpc) is 2.65. The number of hydrogen-bond donors (Lipinski definition) is 1. The van der Waals surface area contributed by atoms with E-state index in [1.807, 2.05) is 13.0 Å². The second kappa shape index (κ2) is 3.53. The number of aryl methyl sites for hydroxylation is 1. The minimum Gasteiger partial charge on any atom is -0.363 e. The van der Waals surface area contributed by atoms with Crippen LogP contribution in [0.2, 0.25) is 0 Å². The molecule has 15 heavy (non-hydrogen) atoms. The highest BCUT2D eigenvalue weighted by Gasteiger charge is 2.09. The summed E-state index contributed by atoms with van der Waals surface area (Å²) in [6.45, 7) is 1.88. The van der Waals surface area contributed by atoms with Crippen molar-refractivity contribution in [1.82, 2.24) is 14.5 Å². The van der Waals surface area contributed by atoms with Crippen molar-refractivity contribution in [1.29, 1.82) is 0 Å². The van der Waals surface area contributed by atoms with Gasteiger partial charge in [-0.15, -0.1) is 0 Å². The molecule has 0 aliphatic carbocycles. The zero-order valence-electron chi connectivity index (χ0n) is 8.21. The van der Waals surface area contributed by atoms with Gasteiger partial charge in [-0.25, -0.2) is 4.98 Å². The van der Waals surface area contributed by atoms with Gasteiger partial charge in [0.05, 0.1) is 5.69 Å². The van der Waals surface area contributed by atoms with E-state index in [0.29, 0.717) is 0 Å². The Bertz CT molecular complexity index is 504. The van der Waals surface area contributed by atoms with Gasteiger partial charge >= 0.3 is 0 Å². The maximum atomic E-state index is 11.1. The van der Waals surface area contributed by atoms with E-state index in [1.54, 1.807) is 23.0 Å². The van der Waals surface area contributed by atoms with Gasteiger partial charge in [0, 0.05) is 24.3 Å². The number of imidazole rings is 1. The molecule has 2 rings (SSSR count). The average molecular weight is 202 g/mol. The number of nitrogens with two attached hydrogens (primary N) is 1. The minimum absolute atomic E-state index is 0.223. The summed E-state index contributed by atoms with van der Waals surface area (Å²) in [6.07, 6.45) is 4.90. The van der Waals surface area contributed by atoms with E-state index in [1.165, 1.54) is 6.20 Å². The van der Waals surface area contributed by atoms with Crippen LogP contribution in [0.4, 0.5) is 0 Å². The van der Waals surface area contributed by atoms with Gasteiger partial charge in [-0.3, -0.25) is 14.3 Å². The van der Waals surface area contributed by atoms with Gasteiger partial charge < -0.3 is 5.73 Å². The molecular formula is C10H10N4O. The van der Waals surface area contributed by atoms with Crippen LogP contribution in [0.15, 0.2) is 30.7 Å². The Hall–Kier alpha value is -2.17. The van der Waals surface area contributed by atoms with Crippen LogP contribution in [0, 0.1) is 6.92 Å². The van der Waals surface area contributed by atoms with Gasteiger partial charge in [0.2, 0.25) is 5.82 Å². The number of pyridine rings is 1. The standard InChI is InChI=1S/C10H10N4O/c1-7-6-8(2-3-12-7)14-5-4-13-10(14)9(11)15/h2-6H,1H3,(H2,11,15). The molecule has 0 aliphatic heterocycles. The Morgan fingerprint density at radius 3 is 2.87 bits per heavy atom. The number of amides is 1. The third-order valence-corrected chi connectivity index (χ3v) is 2.02. The number of carbonyl (C=O) groups excluding carboxylic acids is 1. The lowest BCUT2D eigenvalue weighted by Gasteiger charge is -2.05. The second-order valence-electron chi connectivity index (χ2n) is 3.14. The van der Waals surface area contributed by atoms with E-state index < -0.39 is 5.91 Å². The van der Waals surface area contributed by atoms with E-state index in [-0.39, 0.29) is 5.82 Å². The van der Waals surface area contributed by atoms with E-state index in [0.717, 1.165) is 11.4 Å². The van der Waals surface area contributed by atoms with Gasteiger partial charge in [0.15, 0.2) is 0 Å². The third kappa shape index (κ3) is 1.71. The van der Waals surface area contributed by atoms with Crippen molar-refractivity contribution in [2.45, 2.75) is 6.92 Å². The van der Waals surface area contributed by atoms with Crippen LogP contribution < -0.4 is 5.73 Å².